The number of aliphatic hydroxyl groups excluding tert-OH is 1. The summed E-state index contributed by atoms with van der Waals surface area (Å²) < 4.78 is 17.4. The number of amides is 2. The summed E-state index contributed by atoms with van der Waals surface area (Å²) in [5, 5.41) is 11.3. The van der Waals surface area contributed by atoms with Crippen LogP contribution < -0.4 is 19.7 Å². The van der Waals surface area contributed by atoms with E-state index in [-0.39, 0.29) is 36.2 Å². The van der Waals surface area contributed by atoms with Gasteiger partial charge in [0.2, 0.25) is 0 Å². The molecule has 3 heterocycles. The highest BCUT2D eigenvalue weighted by atomic mass is 28.3. The number of aliphatic hydroxyl groups is 1. The first-order valence-corrected chi connectivity index (χ1v) is 17.7. The molecule has 2 fully saturated rings. The molecule has 220 valence electrons. The zero-order valence-corrected chi connectivity index (χ0v) is 25.6. The molecule has 42 heavy (non-hydrogen) atoms. The van der Waals surface area contributed by atoms with Crippen molar-refractivity contribution in [1.82, 2.24) is 0 Å². The van der Waals surface area contributed by atoms with Crippen molar-refractivity contribution >= 4 is 36.6 Å². The molecule has 6 rings (SSSR count). The molecular weight excluding hydrogens is 548 g/mol. The van der Waals surface area contributed by atoms with Crippen LogP contribution in [-0.2, 0) is 26.4 Å². The van der Waals surface area contributed by atoms with Crippen LogP contribution in [0.2, 0.25) is 18.6 Å². The molecule has 4 atom stereocenters. The quantitative estimate of drug-likeness (QED) is 0.382. The van der Waals surface area contributed by atoms with Crippen LogP contribution in [0.15, 0.2) is 72.8 Å². The number of cyclic esters (lactones) is 1. The molecule has 1 spiro atoms. The Bertz CT molecular complexity index is 1480. The van der Waals surface area contributed by atoms with E-state index in [1.54, 1.807) is 12.0 Å². The number of fused-ring (bicyclic) bond motifs is 2. The second-order valence-electron chi connectivity index (χ2n) is 12.0. The SMILES string of the molecule is COc1ccc([Si](C)(C)[C@@H]2[C@@H](CCO)O[C@]3(C(=O)N(Cc4ccc(N5CCOC5=O)cc4)c4ccccc43)[C@H]2C)cc1. The Kier molecular flexibility index (Phi) is 7.37. The zero-order chi connectivity index (χ0) is 29.6. The fourth-order valence-corrected chi connectivity index (χ4v) is 11.5. The predicted molar refractivity (Wildman–Crippen MR) is 164 cm³/mol. The first-order valence-electron chi connectivity index (χ1n) is 14.6. The van der Waals surface area contributed by atoms with Crippen LogP contribution in [0, 0.1) is 5.92 Å². The van der Waals surface area contributed by atoms with Gasteiger partial charge < -0.3 is 24.2 Å². The molecule has 3 aromatic carbocycles. The summed E-state index contributed by atoms with van der Waals surface area (Å²) in [5.74, 6) is 0.639. The minimum absolute atomic E-state index is 0.00643. The number of carbonyl (C=O) groups is 2. The Morgan fingerprint density at radius 3 is 2.38 bits per heavy atom. The van der Waals surface area contributed by atoms with Crippen LogP contribution in [0.3, 0.4) is 0 Å². The lowest BCUT2D eigenvalue weighted by Crippen LogP contribution is -2.51. The monoisotopic (exact) mass is 586 g/mol. The highest BCUT2D eigenvalue weighted by Gasteiger charge is 2.66. The first-order chi connectivity index (χ1) is 20.2. The molecule has 3 aromatic rings. The van der Waals surface area contributed by atoms with Crippen molar-refractivity contribution in [3.05, 3.63) is 83.9 Å². The number of hydrogen-bond donors (Lipinski definition) is 1. The summed E-state index contributed by atoms with van der Waals surface area (Å²) in [6, 6.07) is 23.9. The maximum absolute atomic E-state index is 14.6. The Morgan fingerprint density at radius 1 is 1.02 bits per heavy atom. The van der Waals surface area contributed by atoms with Crippen molar-refractivity contribution in [3.8, 4) is 5.75 Å². The highest BCUT2D eigenvalue weighted by molar-refractivity contribution is 6.91. The Hall–Kier alpha value is -3.66. The van der Waals surface area contributed by atoms with Crippen LogP contribution in [-0.4, -0.2) is 58.2 Å². The van der Waals surface area contributed by atoms with Gasteiger partial charge in [0, 0.05) is 23.8 Å². The molecule has 0 saturated carbocycles. The molecule has 8 nitrogen and oxygen atoms in total. The Balaban J connectivity index is 1.34. The first kappa shape index (κ1) is 28.5. The van der Waals surface area contributed by atoms with E-state index < -0.39 is 13.7 Å². The normalized spacial score (nSPS) is 25.3. The second-order valence-corrected chi connectivity index (χ2v) is 16.7. The van der Waals surface area contributed by atoms with E-state index in [0.717, 1.165) is 28.3 Å². The van der Waals surface area contributed by atoms with Gasteiger partial charge in [-0.2, -0.15) is 0 Å². The lowest BCUT2D eigenvalue weighted by Gasteiger charge is -2.37. The maximum atomic E-state index is 14.6. The third-order valence-corrected chi connectivity index (χ3v) is 13.9. The maximum Gasteiger partial charge on any atom is 0.414 e. The van der Waals surface area contributed by atoms with Gasteiger partial charge in [0.15, 0.2) is 5.60 Å². The molecule has 3 aliphatic rings. The molecule has 0 bridgehead atoms. The summed E-state index contributed by atoms with van der Waals surface area (Å²) in [6.45, 7) is 8.12. The fourth-order valence-electron chi connectivity index (χ4n) is 7.41. The van der Waals surface area contributed by atoms with Crippen molar-refractivity contribution in [2.75, 3.05) is 36.7 Å². The van der Waals surface area contributed by atoms with Crippen molar-refractivity contribution in [3.63, 3.8) is 0 Å². The molecule has 0 aromatic heterocycles. The van der Waals surface area contributed by atoms with Gasteiger partial charge in [-0.15, -0.1) is 0 Å². The second kappa shape index (κ2) is 10.9. The van der Waals surface area contributed by atoms with Crippen LogP contribution >= 0.6 is 0 Å². The number of carbonyl (C=O) groups excluding carboxylic acids is 2. The summed E-state index contributed by atoms with van der Waals surface area (Å²) in [6.07, 6.45) is -0.127. The predicted octanol–water partition coefficient (Wildman–Crippen LogP) is 4.80. The van der Waals surface area contributed by atoms with Crippen molar-refractivity contribution in [2.45, 2.75) is 50.2 Å². The molecular formula is C33H38N2O6Si. The van der Waals surface area contributed by atoms with Gasteiger partial charge in [-0.05, 0) is 47.9 Å². The molecule has 0 radical (unpaired) electrons. The average molecular weight is 587 g/mol. The van der Waals surface area contributed by atoms with Crippen molar-refractivity contribution in [2.24, 2.45) is 5.92 Å². The number of rotatable bonds is 8. The molecule has 0 unspecified atom stereocenters. The molecule has 0 aliphatic carbocycles. The number of ether oxygens (including phenoxy) is 3. The van der Waals surface area contributed by atoms with E-state index in [9.17, 15) is 14.7 Å². The topological polar surface area (TPSA) is 88.5 Å². The standard InChI is InChI=1S/C33H38N2O6Si/c1-22-30(42(3,4)26-15-13-25(39-2)14-16-26)29(17-19-36)41-33(22)27-7-5-6-8-28(27)35(31(33)37)21-23-9-11-24(12-10-23)34-18-20-40-32(34)38/h5-16,22,29-30,36H,17-21H2,1-4H3/t22-,29+,30-,33+/m0/s1. The minimum Gasteiger partial charge on any atom is -0.497 e. The lowest BCUT2D eigenvalue weighted by atomic mass is 9.82. The smallest absolute Gasteiger partial charge is 0.414 e. The van der Waals surface area contributed by atoms with Crippen LogP contribution in [0.5, 0.6) is 5.75 Å². The van der Waals surface area contributed by atoms with Crippen LogP contribution in [0.25, 0.3) is 0 Å². The number of methoxy groups -OCH3 is 1. The third-order valence-electron chi connectivity index (χ3n) is 9.51. The van der Waals surface area contributed by atoms with Gasteiger partial charge in [0.1, 0.15) is 12.4 Å². The van der Waals surface area contributed by atoms with Crippen LogP contribution in [0.4, 0.5) is 16.2 Å². The van der Waals surface area contributed by atoms with Crippen molar-refractivity contribution in [1.29, 1.82) is 0 Å². The van der Waals surface area contributed by atoms with Gasteiger partial charge in [-0.3, -0.25) is 9.69 Å². The van der Waals surface area contributed by atoms with E-state index in [2.05, 4.69) is 32.2 Å². The average Bonchev–Trinajstić information content (AvgIpc) is 3.63. The summed E-state index contributed by atoms with van der Waals surface area (Å²) in [7, 11) is -0.551. The molecule has 2 amide bonds. The summed E-state index contributed by atoms with van der Waals surface area (Å²) >= 11 is 0. The zero-order valence-electron chi connectivity index (χ0n) is 24.6. The van der Waals surface area contributed by atoms with Gasteiger partial charge in [-0.1, -0.05) is 67.7 Å². The van der Waals surface area contributed by atoms with E-state index in [1.807, 2.05) is 65.6 Å². The van der Waals surface area contributed by atoms with E-state index in [1.165, 1.54) is 5.19 Å². The van der Waals surface area contributed by atoms with E-state index in [4.69, 9.17) is 14.2 Å². The summed E-state index contributed by atoms with van der Waals surface area (Å²) in [5.41, 5.74) is 2.44. The van der Waals surface area contributed by atoms with Gasteiger partial charge in [-0.25, -0.2) is 4.79 Å². The molecule has 1 N–H and O–H groups in total. The van der Waals surface area contributed by atoms with E-state index >= 15 is 0 Å². The molecule has 2 saturated heterocycles. The van der Waals surface area contributed by atoms with Crippen molar-refractivity contribution < 1.29 is 28.9 Å². The van der Waals surface area contributed by atoms with Gasteiger partial charge in [0.05, 0.1) is 40.1 Å². The van der Waals surface area contributed by atoms with Gasteiger partial charge in [0.25, 0.3) is 5.91 Å². The highest BCUT2D eigenvalue weighted by Crippen LogP contribution is 2.60. The van der Waals surface area contributed by atoms with E-state index in [0.29, 0.717) is 26.1 Å². The number of anilines is 2. The summed E-state index contributed by atoms with van der Waals surface area (Å²) in [4.78, 5) is 30.1. The number of benzene rings is 3. The Labute approximate surface area is 247 Å². The van der Waals surface area contributed by atoms with Gasteiger partial charge >= 0.3 is 6.09 Å². The Morgan fingerprint density at radius 2 is 1.74 bits per heavy atom. The molecule has 3 aliphatic heterocycles. The lowest BCUT2D eigenvalue weighted by molar-refractivity contribution is -0.146. The van der Waals surface area contributed by atoms with Crippen LogP contribution in [0.1, 0.15) is 24.5 Å². The minimum atomic E-state index is -2.22. The third kappa shape index (κ3) is 4.42. The number of nitrogens with zero attached hydrogens (tertiary/aromatic N) is 2. The number of hydrogen-bond acceptors (Lipinski definition) is 6. The molecule has 9 heteroatoms. The largest absolute Gasteiger partial charge is 0.497 e. The fraction of sp³-hybridized carbons (Fsp3) is 0.394. The number of para-hydroxylation sites is 1.